The van der Waals surface area contributed by atoms with E-state index in [9.17, 15) is 9.90 Å². The largest absolute Gasteiger partial charge is 0.394 e. The number of hydrogen-bond acceptors (Lipinski definition) is 2. The van der Waals surface area contributed by atoms with Gasteiger partial charge in [0.1, 0.15) is 0 Å². The van der Waals surface area contributed by atoms with E-state index in [0.717, 1.165) is 5.56 Å². The minimum atomic E-state index is -0.271. The predicted octanol–water partition coefficient (Wildman–Crippen LogP) is 1.64. The van der Waals surface area contributed by atoms with E-state index in [2.05, 4.69) is 5.32 Å². The lowest BCUT2D eigenvalue weighted by atomic mass is 10.1. The molecule has 0 heterocycles. The maximum Gasteiger partial charge on any atom is 0.220 e. The number of rotatable bonds is 5. The van der Waals surface area contributed by atoms with Crippen molar-refractivity contribution in [1.29, 1.82) is 0 Å². The number of aliphatic hydroxyl groups excluding tert-OH is 1. The van der Waals surface area contributed by atoms with Crippen molar-refractivity contribution in [1.82, 2.24) is 5.32 Å². The quantitative estimate of drug-likeness (QED) is 0.791. The number of hydrogen-bond donors (Lipinski definition) is 2. The zero-order valence-corrected chi connectivity index (χ0v) is 9.23. The van der Waals surface area contributed by atoms with Crippen molar-refractivity contribution >= 4 is 5.91 Å². The summed E-state index contributed by atoms with van der Waals surface area (Å²) in [6, 6.07) is 9.30. The first-order valence-electron chi connectivity index (χ1n) is 5.74. The van der Waals surface area contributed by atoms with Crippen molar-refractivity contribution in [2.45, 2.75) is 25.3 Å². The Morgan fingerprint density at radius 1 is 1.38 bits per heavy atom. The molecule has 2 N–H and O–H groups in total. The van der Waals surface area contributed by atoms with Crippen molar-refractivity contribution in [2.24, 2.45) is 5.92 Å². The standard InChI is InChI=1S/C13H17NO2/c15-9-12(11-4-2-1-3-5-11)14-13(16)8-10-6-7-10/h1-5,10,12,15H,6-9H2,(H,14,16). The van der Waals surface area contributed by atoms with Crippen molar-refractivity contribution < 1.29 is 9.90 Å². The molecule has 1 fully saturated rings. The minimum Gasteiger partial charge on any atom is -0.394 e. The molecule has 16 heavy (non-hydrogen) atoms. The highest BCUT2D eigenvalue weighted by Gasteiger charge is 2.25. The molecule has 3 nitrogen and oxygen atoms in total. The van der Waals surface area contributed by atoms with Crippen LogP contribution in [0.3, 0.4) is 0 Å². The van der Waals surface area contributed by atoms with Crippen LogP contribution in [0.25, 0.3) is 0 Å². The lowest BCUT2D eigenvalue weighted by molar-refractivity contribution is -0.122. The molecule has 86 valence electrons. The molecule has 0 aliphatic heterocycles. The van der Waals surface area contributed by atoms with Crippen LogP contribution in [0.5, 0.6) is 0 Å². The van der Waals surface area contributed by atoms with E-state index >= 15 is 0 Å². The molecule has 0 aromatic heterocycles. The Labute approximate surface area is 95.5 Å². The second-order valence-electron chi connectivity index (χ2n) is 4.36. The van der Waals surface area contributed by atoms with Crippen LogP contribution >= 0.6 is 0 Å². The molecule has 1 aromatic rings. The van der Waals surface area contributed by atoms with Gasteiger partial charge in [-0.3, -0.25) is 4.79 Å². The van der Waals surface area contributed by atoms with Crippen LogP contribution in [0.1, 0.15) is 30.9 Å². The van der Waals surface area contributed by atoms with Gasteiger partial charge in [-0.25, -0.2) is 0 Å². The summed E-state index contributed by atoms with van der Waals surface area (Å²) in [7, 11) is 0. The Morgan fingerprint density at radius 2 is 2.06 bits per heavy atom. The smallest absolute Gasteiger partial charge is 0.220 e. The van der Waals surface area contributed by atoms with Crippen LogP contribution in [0, 0.1) is 5.92 Å². The molecule has 2 rings (SSSR count). The first kappa shape index (κ1) is 11.1. The third-order valence-electron chi connectivity index (χ3n) is 2.89. The zero-order chi connectivity index (χ0) is 11.4. The summed E-state index contributed by atoms with van der Waals surface area (Å²) in [6.45, 7) is -0.0551. The topological polar surface area (TPSA) is 49.3 Å². The fourth-order valence-electron chi connectivity index (χ4n) is 1.76. The maximum absolute atomic E-state index is 11.6. The summed E-state index contributed by atoms with van der Waals surface area (Å²) in [5.41, 5.74) is 0.953. The van der Waals surface area contributed by atoms with E-state index in [1.54, 1.807) is 0 Å². The van der Waals surface area contributed by atoms with Crippen molar-refractivity contribution in [3.63, 3.8) is 0 Å². The molecule has 1 aromatic carbocycles. The third-order valence-corrected chi connectivity index (χ3v) is 2.89. The number of carbonyl (C=O) groups is 1. The first-order valence-corrected chi connectivity index (χ1v) is 5.74. The molecule has 1 unspecified atom stereocenters. The maximum atomic E-state index is 11.6. The molecule has 0 bridgehead atoms. The Bertz CT molecular complexity index is 346. The lowest BCUT2D eigenvalue weighted by Crippen LogP contribution is -2.30. The summed E-state index contributed by atoms with van der Waals surface area (Å²) in [4.78, 5) is 11.6. The number of carbonyl (C=O) groups excluding carboxylic acids is 1. The molecule has 1 amide bonds. The van der Waals surface area contributed by atoms with Crippen molar-refractivity contribution in [3.05, 3.63) is 35.9 Å². The molecule has 0 saturated heterocycles. The molecular formula is C13H17NO2. The van der Waals surface area contributed by atoms with Crippen LogP contribution in [0.2, 0.25) is 0 Å². The van der Waals surface area contributed by atoms with Crippen LogP contribution in [0.15, 0.2) is 30.3 Å². The number of aliphatic hydroxyl groups is 1. The third kappa shape index (κ3) is 3.07. The van der Waals surface area contributed by atoms with E-state index in [1.165, 1.54) is 12.8 Å². The Morgan fingerprint density at radius 3 is 2.62 bits per heavy atom. The molecule has 1 aliphatic rings. The van der Waals surface area contributed by atoms with E-state index in [0.29, 0.717) is 12.3 Å². The molecule has 1 atom stereocenters. The van der Waals surface area contributed by atoms with Crippen LogP contribution < -0.4 is 5.32 Å². The van der Waals surface area contributed by atoms with E-state index in [-0.39, 0.29) is 18.6 Å². The van der Waals surface area contributed by atoms with Crippen LogP contribution in [-0.2, 0) is 4.79 Å². The van der Waals surface area contributed by atoms with Gasteiger partial charge in [-0.05, 0) is 24.3 Å². The van der Waals surface area contributed by atoms with E-state index in [1.807, 2.05) is 30.3 Å². The van der Waals surface area contributed by atoms with E-state index in [4.69, 9.17) is 0 Å². The average Bonchev–Trinajstić information content (AvgIpc) is 3.11. The van der Waals surface area contributed by atoms with Crippen LogP contribution in [-0.4, -0.2) is 17.6 Å². The molecule has 0 radical (unpaired) electrons. The first-order chi connectivity index (χ1) is 7.79. The SMILES string of the molecule is O=C(CC1CC1)NC(CO)c1ccccc1. The monoisotopic (exact) mass is 219 g/mol. The highest BCUT2D eigenvalue weighted by Crippen LogP contribution is 2.32. The van der Waals surface area contributed by atoms with Gasteiger partial charge in [0.05, 0.1) is 12.6 Å². The summed E-state index contributed by atoms with van der Waals surface area (Å²) < 4.78 is 0. The van der Waals surface area contributed by atoms with E-state index < -0.39 is 0 Å². The van der Waals surface area contributed by atoms with Gasteiger partial charge < -0.3 is 10.4 Å². The Balaban J connectivity index is 1.91. The van der Waals surface area contributed by atoms with Gasteiger partial charge in [-0.15, -0.1) is 0 Å². The molecule has 0 spiro atoms. The normalized spacial score (nSPS) is 16.8. The fraction of sp³-hybridized carbons (Fsp3) is 0.462. The zero-order valence-electron chi connectivity index (χ0n) is 9.23. The lowest BCUT2D eigenvalue weighted by Gasteiger charge is -2.16. The molecule has 3 heteroatoms. The number of amides is 1. The highest BCUT2D eigenvalue weighted by atomic mass is 16.3. The average molecular weight is 219 g/mol. The van der Waals surface area contributed by atoms with Gasteiger partial charge in [0.25, 0.3) is 0 Å². The minimum absolute atomic E-state index is 0.0467. The summed E-state index contributed by atoms with van der Waals surface area (Å²) in [5.74, 6) is 0.625. The van der Waals surface area contributed by atoms with Gasteiger partial charge in [-0.1, -0.05) is 30.3 Å². The summed E-state index contributed by atoms with van der Waals surface area (Å²) >= 11 is 0. The number of benzene rings is 1. The summed E-state index contributed by atoms with van der Waals surface area (Å²) in [5, 5.41) is 12.1. The van der Waals surface area contributed by atoms with Crippen LogP contribution in [0.4, 0.5) is 0 Å². The molecular weight excluding hydrogens is 202 g/mol. The number of nitrogens with one attached hydrogen (secondary N) is 1. The van der Waals surface area contributed by atoms with Gasteiger partial charge in [0, 0.05) is 6.42 Å². The Kier molecular flexibility index (Phi) is 3.57. The van der Waals surface area contributed by atoms with Crippen molar-refractivity contribution in [3.8, 4) is 0 Å². The summed E-state index contributed by atoms with van der Waals surface area (Å²) in [6.07, 6.45) is 2.94. The van der Waals surface area contributed by atoms with Gasteiger partial charge >= 0.3 is 0 Å². The molecule has 1 aliphatic carbocycles. The fourth-order valence-corrected chi connectivity index (χ4v) is 1.76. The van der Waals surface area contributed by atoms with Gasteiger partial charge in [0.15, 0.2) is 0 Å². The van der Waals surface area contributed by atoms with Gasteiger partial charge in [-0.2, -0.15) is 0 Å². The Hall–Kier alpha value is -1.35. The molecule has 1 saturated carbocycles. The van der Waals surface area contributed by atoms with Gasteiger partial charge in [0.2, 0.25) is 5.91 Å². The second kappa shape index (κ2) is 5.12. The second-order valence-corrected chi connectivity index (χ2v) is 4.36. The predicted molar refractivity (Wildman–Crippen MR) is 61.8 cm³/mol. The van der Waals surface area contributed by atoms with Crippen molar-refractivity contribution in [2.75, 3.05) is 6.61 Å². The highest BCUT2D eigenvalue weighted by molar-refractivity contribution is 5.77.